The number of halogens is 3. The second-order valence-electron chi connectivity index (χ2n) is 6.12. The molecule has 0 aromatic heterocycles. The monoisotopic (exact) mass is 370 g/mol. The molecular weight excluding hydrogens is 346 g/mol. The maximum Gasteiger partial charge on any atom is 0.123 e. The molecule has 2 aromatic carbocycles. The molecule has 1 unspecified atom stereocenters. The zero-order valence-corrected chi connectivity index (χ0v) is 14.8. The predicted molar refractivity (Wildman–Crippen MR) is 98.8 cm³/mol. The van der Waals surface area contributed by atoms with Crippen LogP contribution in [0.4, 0.5) is 8.78 Å². The van der Waals surface area contributed by atoms with E-state index in [1.54, 1.807) is 12.1 Å². The first-order chi connectivity index (χ1) is 11.2. The van der Waals surface area contributed by atoms with E-state index in [0.29, 0.717) is 12.5 Å². The largest absolute Gasteiger partial charge is 0.412 e. The highest BCUT2D eigenvalue weighted by atomic mass is 35.5. The number of hydrogen-bond donors (Lipinski definition) is 2. The summed E-state index contributed by atoms with van der Waals surface area (Å²) in [5, 5.41) is 6.97. The van der Waals surface area contributed by atoms with Crippen LogP contribution in [0.15, 0.2) is 48.5 Å². The fourth-order valence-corrected chi connectivity index (χ4v) is 3.23. The second-order valence-corrected chi connectivity index (χ2v) is 6.12. The highest BCUT2D eigenvalue weighted by Crippen LogP contribution is 2.29. The van der Waals surface area contributed by atoms with Crippen molar-refractivity contribution in [3.63, 3.8) is 0 Å². The van der Waals surface area contributed by atoms with E-state index in [1.165, 1.54) is 24.3 Å². The topological polar surface area (TPSA) is 55.6 Å². The van der Waals surface area contributed by atoms with Gasteiger partial charge in [-0.05, 0) is 67.2 Å². The minimum absolute atomic E-state index is 0. The van der Waals surface area contributed by atoms with E-state index in [0.717, 1.165) is 37.1 Å². The van der Waals surface area contributed by atoms with Gasteiger partial charge in [-0.1, -0.05) is 24.3 Å². The molecule has 0 aliphatic carbocycles. The lowest BCUT2D eigenvalue weighted by atomic mass is 9.86. The van der Waals surface area contributed by atoms with E-state index in [-0.39, 0.29) is 35.6 Å². The van der Waals surface area contributed by atoms with Crippen molar-refractivity contribution < 1.29 is 14.3 Å². The van der Waals surface area contributed by atoms with Crippen molar-refractivity contribution in [1.82, 2.24) is 10.6 Å². The molecule has 0 saturated carbocycles. The summed E-state index contributed by atoms with van der Waals surface area (Å²) >= 11 is 0. The maximum absolute atomic E-state index is 13.2. The Morgan fingerprint density at radius 1 is 0.920 bits per heavy atom. The Labute approximate surface area is 153 Å². The third kappa shape index (κ3) is 6.04. The Morgan fingerprint density at radius 2 is 1.44 bits per heavy atom. The van der Waals surface area contributed by atoms with E-state index in [9.17, 15) is 8.78 Å². The molecule has 2 aromatic rings. The highest BCUT2D eigenvalue weighted by molar-refractivity contribution is 5.85. The minimum Gasteiger partial charge on any atom is -0.412 e. The molecule has 1 saturated heterocycles. The van der Waals surface area contributed by atoms with Crippen molar-refractivity contribution in [2.24, 2.45) is 5.92 Å². The van der Waals surface area contributed by atoms with Crippen LogP contribution in [0, 0.1) is 17.6 Å². The molecule has 1 aliphatic heterocycles. The molecule has 1 atom stereocenters. The molecule has 4 N–H and O–H groups in total. The number of nitrogens with one attached hydrogen (secondary N) is 2. The summed E-state index contributed by atoms with van der Waals surface area (Å²) in [7, 11) is 0. The van der Waals surface area contributed by atoms with Crippen LogP contribution in [0.1, 0.15) is 30.0 Å². The van der Waals surface area contributed by atoms with Crippen LogP contribution in [-0.2, 0) is 6.54 Å². The summed E-state index contributed by atoms with van der Waals surface area (Å²) in [4.78, 5) is 0. The molecule has 0 radical (unpaired) electrons. The van der Waals surface area contributed by atoms with Crippen molar-refractivity contribution in [3.05, 3.63) is 71.3 Å². The average molecular weight is 371 g/mol. The summed E-state index contributed by atoms with van der Waals surface area (Å²) in [5.74, 6) is 0.0840. The van der Waals surface area contributed by atoms with E-state index < -0.39 is 0 Å². The molecule has 25 heavy (non-hydrogen) atoms. The van der Waals surface area contributed by atoms with E-state index in [2.05, 4.69) is 10.6 Å². The molecule has 0 spiro atoms. The van der Waals surface area contributed by atoms with Crippen LogP contribution in [0.3, 0.4) is 0 Å². The van der Waals surface area contributed by atoms with E-state index in [4.69, 9.17) is 0 Å². The Bertz CT molecular complexity index is 616. The van der Waals surface area contributed by atoms with Gasteiger partial charge in [0.1, 0.15) is 11.6 Å². The average Bonchev–Trinajstić information content (AvgIpc) is 2.59. The Morgan fingerprint density at radius 3 is 2.00 bits per heavy atom. The molecule has 6 heteroatoms. The Kier molecular flexibility index (Phi) is 9.00. The van der Waals surface area contributed by atoms with Crippen molar-refractivity contribution in [3.8, 4) is 0 Å². The number of rotatable bonds is 5. The Balaban J connectivity index is 0.00000156. The van der Waals surface area contributed by atoms with Gasteiger partial charge in [0.05, 0.1) is 0 Å². The third-order valence-corrected chi connectivity index (χ3v) is 4.52. The quantitative estimate of drug-likeness (QED) is 0.847. The van der Waals surface area contributed by atoms with Crippen molar-refractivity contribution in [2.45, 2.75) is 25.4 Å². The zero-order valence-electron chi connectivity index (χ0n) is 14.0. The standard InChI is InChI=1S/C19H22F2N2.ClH.H2O/c20-17-5-1-14(2-6-17)13-23-19(16-9-11-22-12-10-16)15-3-7-18(21)8-4-15;;/h1-8,16,19,22-23H,9-13H2;1H;1H2. The molecule has 1 heterocycles. The lowest BCUT2D eigenvalue weighted by Gasteiger charge is -2.32. The van der Waals surface area contributed by atoms with Crippen molar-refractivity contribution >= 4 is 12.4 Å². The van der Waals surface area contributed by atoms with Crippen LogP contribution in [0.2, 0.25) is 0 Å². The van der Waals surface area contributed by atoms with Gasteiger partial charge in [0.15, 0.2) is 0 Å². The number of piperidine rings is 1. The molecular formula is C19H25ClF2N2O. The van der Waals surface area contributed by atoms with Crippen LogP contribution in [0.5, 0.6) is 0 Å². The minimum atomic E-state index is -0.220. The summed E-state index contributed by atoms with van der Waals surface area (Å²) in [6.45, 7) is 2.70. The normalized spacial score (nSPS) is 15.8. The molecule has 0 bridgehead atoms. The molecule has 138 valence electrons. The first-order valence-electron chi connectivity index (χ1n) is 8.16. The van der Waals surface area contributed by atoms with Gasteiger partial charge in [-0.15, -0.1) is 12.4 Å². The van der Waals surface area contributed by atoms with Gasteiger partial charge < -0.3 is 16.1 Å². The van der Waals surface area contributed by atoms with Gasteiger partial charge >= 0.3 is 0 Å². The SMILES string of the molecule is Cl.Fc1ccc(CNC(c2ccc(F)cc2)C2CCNCC2)cc1.O. The predicted octanol–water partition coefficient (Wildman–Crippen LogP) is 3.39. The fraction of sp³-hybridized carbons (Fsp3) is 0.368. The van der Waals surface area contributed by atoms with Gasteiger partial charge in [0.25, 0.3) is 0 Å². The molecule has 3 rings (SSSR count). The smallest absolute Gasteiger partial charge is 0.123 e. The highest BCUT2D eigenvalue weighted by Gasteiger charge is 2.24. The van der Waals surface area contributed by atoms with Crippen molar-refractivity contribution in [1.29, 1.82) is 0 Å². The lowest BCUT2D eigenvalue weighted by molar-refractivity contribution is 0.281. The molecule has 1 fully saturated rings. The van der Waals surface area contributed by atoms with Crippen LogP contribution in [0.25, 0.3) is 0 Å². The number of benzene rings is 2. The van der Waals surface area contributed by atoms with Gasteiger partial charge in [0, 0.05) is 12.6 Å². The van der Waals surface area contributed by atoms with Crippen LogP contribution < -0.4 is 10.6 Å². The van der Waals surface area contributed by atoms with Gasteiger partial charge in [-0.3, -0.25) is 0 Å². The van der Waals surface area contributed by atoms with E-state index in [1.807, 2.05) is 12.1 Å². The molecule has 0 amide bonds. The third-order valence-electron chi connectivity index (χ3n) is 4.52. The number of hydrogen-bond acceptors (Lipinski definition) is 2. The van der Waals surface area contributed by atoms with Gasteiger partial charge in [-0.25, -0.2) is 8.78 Å². The van der Waals surface area contributed by atoms with Crippen molar-refractivity contribution in [2.75, 3.05) is 13.1 Å². The van der Waals surface area contributed by atoms with E-state index >= 15 is 0 Å². The summed E-state index contributed by atoms with van der Waals surface area (Å²) in [6, 6.07) is 13.5. The van der Waals surface area contributed by atoms with Crippen LogP contribution >= 0.6 is 12.4 Å². The zero-order chi connectivity index (χ0) is 16.1. The second kappa shape index (κ2) is 10.5. The molecule has 1 aliphatic rings. The fourth-order valence-electron chi connectivity index (χ4n) is 3.23. The lowest BCUT2D eigenvalue weighted by Crippen LogP contribution is -2.36. The van der Waals surface area contributed by atoms with Gasteiger partial charge in [0.2, 0.25) is 0 Å². The Hall–Kier alpha value is -1.53. The first kappa shape index (κ1) is 21.5. The van der Waals surface area contributed by atoms with Crippen LogP contribution in [-0.4, -0.2) is 18.6 Å². The first-order valence-corrected chi connectivity index (χ1v) is 8.16. The molecule has 3 nitrogen and oxygen atoms in total. The maximum atomic E-state index is 13.2. The van der Waals surface area contributed by atoms with Gasteiger partial charge in [-0.2, -0.15) is 0 Å². The summed E-state index contributed by atoms with van der Waals surface area (Å²) < 4.78 is 26.2. The summed E-state index contributed by atoms with van der Waals surface area (Å²) in [6.07, 6.45) is 2.19. The summed E-state index contributed by atoms with van der Waals surface area (Å²) in [5.41, 5.74) is 2.16.